The van der Waals surface area contributed by atoms with Crippen molar-refractivity contribution in [2.24, 2.45) is 0 Å². The molecule has 0 bridgehead atoms. The second kappa shape index (κ2) is 6.14. The molecule has 3 aromatic carbocycles. The summed E-state index contributed by atoms with van der Waals surface area (Å²) in [4.78, 5) is 0. The van der Waals surface area contributed by atoms with Crippen LogP contribution in [0, 0.1) is 13.8 Å². The molecule has 25 heavy (non-hydrogen) atoms. The van der Waals surface area contributed by atoms with Crippen LogP contribution in [-0.2, 0) is 6.54 Å². The van der Waals surface area contributed by atoms with Crippen LogP contribution in [0.25, 0.3) is 22.2 Å². The van der Waals surface area contributed by atoms with Crippen LogP contribution in [0.15, 0.2) is 72.8 Å². The average molecular weight is 327 g/mol. The molecule has 0 unspecified atom stereocenters. The van der Waals surface area contributed by atoms with Crippen LogP contribution in [0.1, 0.15) is 16.7 Å². The molecule has 0 aliphatic heterocycles. The number of rotatable bonds is 3. The van der Waals surface area contributed by atoms with Gasteiger partial charge in [0.2, 0.25) is 0 Å². The summed E-state index contributed by atoms with van der Waals surface area (Å²) in [6.45, 7) is 5.05. The summed E-state index contributed by atoms with van der Waals surface area (Å²) in [5.41, 5.74) is 7.29. The highest BCUT2D eigenvalue weighted by Gasteiger charge is 2.16. The SMILES string of the molecule is Cc1ccc(Cn2c(-c3ccccc3)c(C)c3cc(O)ccc32)cc1. The zero-order chi connectivity index (χ0) is 17.4. The summed E-state index contributed by atoms with van der Waals surface area (Å²) in [5, 5.41) is 11.0. The van der Waals surface area contributed by atoms with Gasteiger partial charge < -0.3 is 9.67 Å². The van der Waals surface area contributed by atoms with Crippen molar-refractivity contribution in [1.82, 2.24) is 4.57 Å². The van der Waals surface area contributed by atoms with Crippen LogP contribution in [0.5, 0.6) is 5.75 Å². The van der Waals surface area contributed by atoms with Crippen LogP contribution >= 0.6 is 0 Å². The number of benzene rings is 3. The molecule has 1 heterocycles. The molecule has 0 aliphatic rings. The van der Waals surface area contributed by atoms with Gasteiger partial charge in [-0.25, -0.2) is 0 Å². The highest BCUT2D eigenvalue weighted by atomic mass is 16.3. The standard InChI is InChI=1S/C23H21NO/c1-16-8-10-18(11-9-16)15-24-22-13-12-20(25)14-21(22)17(2)23(24)19-6-4-3-5-7-19/h3-14,25H,15H2,1-2H3. The number of aromatic hydroxyl groups is 1. The largest absolute Gasteiger partial charge is 0.508 e. The third-order valence-electron chi connectivity index (χ3n) is 4.81. The van der Waals surface area contributed by atoms with Gasteiger partial charge in [-0.3, -0.25) is 0 Å². The summed E-state index contributed by atoms with van der Waals surface area (Å²) in [6.07, 6.45) is 0. The van der Waals surface area contributed by atoms with Gasteiger partial charge in [-0.05, 0) is 48.7 Å². The molecule has 0 fully saturated rings. The highest BCUT2D eigenvalue weighted by molar-refractivity contribution is 5.92. The van der Waals surface area contributed by atoms with E-state index in [0.717, 1.165) is 17.4 Å². The number of fused-ring (bicyclic) bond motifs is 1. The van der Waals surface area contributed by atoms with E-state index < -0.39 is 0 Å². The second-order valence-electron chi connectivity index (χ2n) is 6.61. The highest BCUT2D eigenvalue weighted by Crippen LogP contribution is 2.35. The molecule has 0 saturated carbocycles. The molecule has 2 heteroatoms. The van der Waals surface area contributed by atoms with E-state index in [0.29, 0.717) is 5.75 Å². The lowest BCUT2D eigenvalue weighted by Crippen LogP contribution is -2.02. The zero-order valence-corrected chi connectivity index (χ0v) is 14.5. The van der Waals surface area contributed by atoms with Crippen molar-refractivity contribution in [3.8, 4) is 17.0 Å². The van der Waals surface area contributed by atoms with Crippen LogP contribution < -0.4 is 0 Å². The first-order valence-electron chi connectivity index (χ1n) is 8.56. The Bertz CT molecular complexity index is 1030. The summed E-state index contributed by atoms with van der Waals surface area (Å²) in [6, 6.07) is 24.8. The fourth-order valence-corrected chi connectivity index (χ4v) is 3.52. The maximum absolute atomic E-state index is 9.94. The van der Waals surface area contributed by atoms with Crippen molar-refractivity contribution in [1.29, 1.82) is 0 Å². The maximum atomic E-state index is 9.94. The molecule has 2 nitrogen and oxygen atoms in total. The van der Waals surface area contributed by atoms with Crippen LogP contribution in [0.4, 0.5) is 0 Å². The predicted molar refractivity (Wildman–Crippen MR) is 104 cm³/mol. The monoisotopic (exact) mass is 327 g/mol. The first-order chi connectivity index (χ1) is 12.1. The van der Waals surface area contributed by atoms with Gasteiger partial charge in [-0.1, -0.05) is 60.2 Å². The van der Waals surface area contributed by atoms with Gasteiger partial charge in [0.05, 0.1) is 5.69 Å². The topological polar surface area (TPSA) is 25.2 Å². The Kier molecular flexibility index (Phi) is 3.81. The summed E-state index contributed by atoms with van der Waals surface area (Å²) < 4.78 is 2.35. The van der Waals surface area contributed by atoms with Crippen molar-refractivity contribution in [2.45, 2.75) is 20.4 Å². The van der Waals surface area contributed by atoms with E-state index in [9.17, 15) is 5.11 Å². The van der Waals surface area contributed by atoms with Gasteiger partial charge in [-0.15, -0.1) is 0 Å². The second-order valence-corrected chi connectivity index (χ2v) is 6.61. The lowest BCUT2D eigenvalue weighted by atomic mass is 10.1. The number of nitrogens with zero attached hydrogens (tertiary/aromatic N) is 1. The fourth-order valence-electron chi connectivity index (χ4n) is 3.52. The molecule has 0 atom stereocenters. The molecule has 1 aromatic heterocycles. The van der Waals surface area contributed by atoms with Crippen LogP contribution in [-0.4, -0.2) is 9.67 Å². The number of aryl methyl sites for hydroxylation is 2. The minimum atomic E-state index is 0.308. The van der Waals surface area contributed by atoms with Crippen molar-refractivity contribution >= 4 is 10.9 Å². The molecule has 0 amide bonds. The van der Waals surface area contributed by atoms with Gasteiger partial charge in [-0.2, -0.15) is 0 Å². The van der Waals surface area contributed by atoms with E-state index >= 15 is 0 Å². The Balaban J connectivity index is 1.95. The van der Waals surface area contributed by atoms with Crippen molar-refractivity contribution in [3.63, 3.8) is 0 Å². The number of hydrogen-bond donors (Lipinski definition) is 1. The van der Waals surface area contributed by atoms with E-state index in [-0.39, 0.29) is 0 Å². The number of hydrogen-bond acceptors (Lipinski definition) is 1. The Morgan fingerprint density at radius 1 is 0.840 bits per heavy atom. The molecule has 0 saturated heterocycles. The minimum absolute atomic E-state index is 0.308. The molecule has 124 valence electrons. The van der Waals surface area contributed by atoms with Gasteiger partial charge in [0.1, 0.15) is 5.75 Å². The number of aromatic nitrogens is 1. The lowest BCUT2D eigenvalue weighted by molar-refractivity contribution is 0.476. The Labute approximate surface area is 148 Å². The number of phenols is 1. The normalized spacial score (nSPS) is 11.1. The molecule has 1 N–H and O–H groups in total. The first-order valence-corrected chi connectivity index (χ1v) is 8.56. The fraction of sp³-hybridized carbons (Fsp3) is 0.130. The quantitative estimate of drug-likeness (QED) is 0.514. The van der Waals surface area contributed by atoms with E-state index in [1.807, 2.05) is 18.2 Å². The first kappa shape index (κ1) is 15.5. The number of phenolic OH excluding ortho intramolecular Hbond substituents is 1. The molecule has 4 rings (SSSR count). The van der Waals surface area contributed by atoms with Crippen LogP contribution in [0.2, 0.25) is 0 Å². The zero-order valence-electron chi connectivity index (χ0n) is 14.5. The lowest BCUT2D eigenvalue weighted by Gasteiger charge is -2.12. The Hall–Kier alpha value is -3.00. The molecule has 4 aromatic rings. The maximum Gasteiger partial charge on any atom is 0.116 e. The summed E-state index contributed by atoms with van der Waals surface area (Å²) >= 11 is 0. The van der Waals surface area contributed by atoms with E-state index in [2.05, 4.69) is 66.9 Å². The van der Waals surface area contributed by atoms with Crippen molar-refractivity contribution in [3.05, 3.63) is 89.5 Å². The third-order valence-corrected chi connectivity index (χ3v) is 4.81. The van der Waals surface area contributed by atoms with E-state index in [4.69, 9.17) is 0 Å². The van der Waals surface area contributed by atoms with Crippen LogP contribution in [0.3, 0.4) is 0 Å². The molecule has 0 spiro atoms. The summed E-state index contributed by atoms with van der Waals surface area (Å²) in [7, 11) is 0. The average Bonchev–Trinajstić information content (AvgIpc) is 2.89. The third kappa shape index (κ3) is 2.80. The van der Waals surface area contributed by atoms with Gasteiger partial charge >= 0.3 is 0 Å². The van der Waals surface area contributed by atoms with Gasteiger partial charge in [0, 0.05) is 17.4 Å². The minimum Gasteiger partial charge on any atom is -0.508 e. The predicted octanol–water partition coefficient (Wildman–Crippen LogP) is 5.68. The van der Waals surface area contributed by atoms with Gasteiger partial charge in [0.15, 0.2) is 0 Å². The van der Waals surface area contributed by atoms with E-state index in [1.54, 1.807) is 6.07 Å². The van der Waals surface area contributed by atoms with Crippen molar-refractivity contribution in [2.75, 3.05) is 0 Å². The molecule has 0 radical (unpaired) electrons. The van der Waals surface area contributed by atoms with E-state index in [1.165, 1.54) is 27.9 Å². The molecule has 0 aliphatic carbocycles. The Morgan fingerprint density at radius 2 is 1.56 bits per heavy atom. The van der Waals surface area contributed by atoms with Crippen molar-refractivity contribution < 1.29 is 5.11 Å². The van der Waals surface area contributed by atoms with Gasteiger partial charge in [0.25, 0.3) is 0 Å². The summed E-state index contributed by atoms with van der Waals surface area (Å²) in [5.74, 6) is 0.308. The smallest absolute Gasteiger partial charge is 0.116 e. The molecular weight excluding hydrogens is 306 g/mol. The molecular formula is C23H21NO. The Morgan fingerprint density at radius 3 is 2.28 bits per heavy atom.